The highest BCUT2D eigenvalue weighted by Crippen LogP contribution is 2.32. The Morgan fingerprint density at radius 3 is 2.86 bits per heavy atom. The predicted octanol–water partition coefficient (Wildman–Crippen LogP) is 1.69. The summed E-state index contributed by atoms with van der Waals surface area (Å²) in [6.45, 7) is 3.26. The smallest absolute Gasteiger partial charge is 0.211 e. The molecule has 0 saturated carbocycles. The van der Waals surface area contributed by atoms with Crippen LogP contribution in [0.4, 0.5) is 11.4 Å². The van der Waals surface area contributed by atoms with Gasteiger partial charge in [0.15, 0.2) is 0 Å². The number of piperidine rings is 1. The summed E-state index contributed by atoms with van der Waals surface area (Å²) in [6, 6.07) is 6.12. The van der Waals surface area contributed by atoms with Crippen LogP contribution in [0.25, 0.3) is 0 Å². The van der Waals surface area contributed by atoms with E-state index in [4.69, 9.17) is 5.73 Å². The lowest BCUT2D eigenvalue weighted by atomic mass is 9.95. The van der Waals surface area contributed by atoms with Gasteiger partial charge in [0.05, 0.1) is 6.26 Å². The minimum Gasteiger partial charge on any atom is -0.398 e. The number of anilines is 2. The van der Waals surface area contributed by atoms with E-state index in [1.165, 1.54) is 17.5 Å². The Labute approximate surface area is 133 Å². The summed E-state index contributed by atoms with van der Waals surface area (Å²) < 4.78 is 25.2. The van der Waals surface area contributed by atoms with Crippen LogP contribution in [0.5, 0.6) is 0 Å². The van der Waals surface area contributed by atoms with E-state index in [0.717, 1.165) is 44.5 Å². The molecule has 1 fully saturated rings. The van der Waals surface area contributed by atoms with E-state index in [0.29, 0.717) is 19.0 Å². The van der Waals surface area contributed by atoms with Crippen molar-refractivity contribution in [3.63, 3.8) is 0 Å². The highest BCUT2D eigenvalue weighted by molar-refractivity contribution is 7.88. The van der Waals surface area contributed by atoms with Gasteiger partial charge in [-0.1, -0.05) is 6.07 Å². The molecule has 0 bridgehead atoms. The topological polar surface area (TPSA) is 66.6 Å². The largest absolute Gasteiger partial charge is 0.398 e. The van der Waals surface area contributed by atoms with Crippen LogP contribution in [0.1, 0.15) is 24.8 Å². The SMILES string of the molecule is CS(=O)(=O)N1CCCC(CN2CCCc3c(N)cccc32)C1. The average molecular weight is 323 g/mol. The summed E-state index contributed by atoms with van der Waals surface area (Å²) in [7, 11) is -3.07. The van der Waals surface area contributed by atoms with E-state index < -0.39 is 10.0 Å². The van der Waals surface area contributed by atoms with Crippen molar-refractivity contribution in [3.8, 4) is 0 Å². The minimum absolute atomic E-state index is 0.399. The molecule has 122 valence electrons. The van der Waals surface area contributed by atoms with Crippen molar-refractivity contribution in [3.05, 3.63) is 23.8 Å². The van der Waals surface area contributed by atoms with Gasteiger partial charge in [-0.05, 0) is 49.3 Å². The van der Waals surface area contributed by atoms with E-state index in [1.54, 1.807) is 4.31 Å². The molecule has 6 heteroatoms. The second kappa shape index (κ2) is 6.08. The first-order valence-electron chi connectivity index (χ1n) is 8.02. The van der Waals surface area contributed by atoms with Gasteiger partial charge in [-0.25, -0.2) is 12.7 Å². The van der Waals surface area contributed by atoms with Crippen LogP contribution in [0.3, 0.4) is 0 Å². The van der Waals surface area contributed by atoms with Gasteiger partial charge >= 0.3 is 0 Å². The maximum absolute atomic E-state index is 11.8. The Morgan fingerprint density at radius 2 is 2.09 bits per heavy atom. The monoisotopic (exact) mass is 323 g/mol. The summed E-state index contributed by atoms with van der Waals surface area (Å²) in [5.41, 5.74) is 9.47. The van der Waals surface area contributed by atoms with Crippen LogP contribution in [-0.4, -0.2) is 45.2 Å². The quantitative estimate of drug-likeness (QED) is 0.860. The summed E-state index contributed by atoms with van der Waals surface area (Å²) in [5, 5.41) is 0. The third-order valence-electron chi connectivity index (χ3n) is 4.81. The summed E-state index contributed by atoms with van der Waals surface area (Å²) in [6.07, 6.45) is 5.52. The van der Waals surface area contributed by atoms with Crippen molar-refractivity contribution in [1.29, 1.82) is 0 Å². The standard InChI is InChI=1S/C16H25N3O2S/c1-22(20,21)19-10-3-5-13(12-19)11-18-9-4-6-14-15(17)7-2-8-16(14)18/h2,7-8,13H,3-6,9-12,17H2,1H3. The molecule has 1 saturated heterocycles. The first-order valence-corrected chi connectivity index (χ1v) is 9.87. The van der Waals surface area contributed by atoms with Crippen molar-refractivity contribution < 1.29 is 8.42 Å². The molecule has 2 heterocycles. The first kappa shape index (κ1) is 15.6. The van der Waals surface area contributed by atoms with Gasteiger partial charge in [0.1, 0.15) is 0 Å². The molecular weight excluding hydrogens is 298 g/mol. The first-order chi connectivity index (χ1) is 10.4. The molecule has 5 nitrogen and oxygen atoms in total. The lowest BCUT2D eigenvalue weighted by molar-refractivity contribution is 0.268. The van der Waals surface area contributed by atoms with Crippen molar-refractivity contribution in [2.75, 3.05) is 43.1 Å². The number of hydrogen-bond acceptors (Lipinski definition) is 4. The van der Waals surface area contributed by atoms with Gasteiger partial charge in [-0.3, -0.25) is 0 Å². The molecule has 3 rings (SSSR count). The predicted molar refractivity (Wildman–Crippen MR) is 90.5 cm³/mol. The van der Waals surface area contributed by atoms with Crippen LogP contribution < -0.4 is 10.6 Å². The third kappa shape index (κ3) is 3.22. The molecule has 0 spiro atoms. The Bertz CT molecular complexity index is 645. The van der Waals surface area contributed by atoms with Crippen LogP contribution in [0.15, 0.2) is 18.2 Å². The molecule has 1 aromatic carbocycles. The number of nitrogens with two attached hydrogens (primary N) is 1. The molecule has 2 N–H and O–H groups in total. The molecule has 0 amide bonds. The number of hydrogen-bond donors (Lipinski definition) is 1. The second-order valence-corrected chi connectivity index (χ2v) is 8.51. The molecule has 2 aliphatic heterocycles. The molecule has 2 aliphatic rings. The highest BCUT2D eigenvalue weighted by Gasteiger charge is 2.28. The van der Waals surface area contributed by atoms with E-state index in [1.807, 2.05) is 12.1 Å². The van der Waals surface area contributed by atoms with Gasteiger partial charge in [-0.2, -0.15) is 0 Å². The van der Waals surface area contributed by atoms with E-state index in [-0.39, 0.29) is 0 Å². The van der Waals surface area contributed by atoms with Crippen molar-refractivity contribution >= 4 is 21.4 Å². The van der Waals surface area contributed by atoms with Crippen LogP contribution >= 0.6 is 0 Å². The molecule has 0 aromatic heterocycles. The van der Waals surface area contributed by atoms with Gasteiger partial charge < -0.3 is 10.6 Å². The summed E-state index contributed by atoms with van der Waals surface area (Å²) >= 11 is 0. The fraction of sp³-hybridized carbons (Fsp3) is 0.625. The second-order valence-electron chi connectivity index (χ2n) is 6.52. The lowest BCUT2D eigenvalue weighted by Crippen LogP contribution is -2.44. The molecule has 22 heavy (non-hydrogen) atoms. The minimum atomic E-state index is -3.07. The third-order valence-corrected chi connectivity index (χ3v) is 6.08. The van der Waals surface area contributed by atoms with Crippen LogP contribution in [-0.2, 0) is 16.4 Å². The Kier molecular flexibility index (Phi) is 4.32. The molecule has 1 aromatic rings. The van der Waals surface area contributed by atoms with E-state index in [2.05, 4.69) is 11.0 Å². The molecule has 1 atom stereocenters. The number of nitrogens with zero attached hydrogens (tertiary/aromatic N) is 2. The molecule has 0 aliphatic carbocycles. The zero-order valence-corrected chi connectivity index (χ0v) is 14.0. The van der Waals surface area contributed by atoms with Crippen LogP contribution in [0.2, 0.25) is 0 Å². The van der Waals surface area contributed by atoms with Crippen molar-refractivity contribution in [1.82, 2.24) is 4.31 Å². The Hall–Kier alpha value is -1.27. The summed E-state index contributed by atoms with van der Waals surface area (Å²) in [5.74, 6) is 0.399. The Morgan fingerprint density at radius 1 is 1.27 bits per heavy atom. The number of fused-ring (bicyclic) bond motifs is 1. The molecule has 0 radical (unpaired) electrons. The van der Waals surface area contributed by atoms with Gasteiger partial charge in [0.25, 0.3) is 0 Å². The van der Waals surface area contributed by atoms with Crippen LogP contribution in [0, 0.1) is 5.92 Å². The van der Waals surface area contributed by atoms with Gasteiger partial charge in [0, 0.05) is 37.6 Å². The normalized spacial score (nSPS) is 23.3. The summed E-state index contributed by atoms with van der Waals surface area (Å²) in [4.78, 5) is 2.39. The fourth-order valence-electron chi connectivity index (χ4n) is 3.71. The zero-order chi connectivity index (χ0) is 15.7. The molecular formula is C16H25N3O2S. The zero-order valence-electron chi connectivity index (χ0n) is 13.2. The lowest BCUT2D eigenvalue weighted by Gasteiger charge is -2.38. The van der Waals surface area contributed by atoms with Gasteiger partial charge in [-0.15, -0.1) is 0 Å². The average Bonchev–Trinajstić information content (AvgIpc) is 2.48. The number of rotatable bonds is 3. The van der Waals surface area contributed by atoms with Gasteiger partial charge in [0.2, 0.25) is 10.0 Å². The maximum Gasteiger partial charge on any atom is 0.211 e. The number of benzene rings is 1. The van der Waals surface area contributed by atoms with Crippen molar-refractivity contribution in [2.45, 2.75) is 25.7 Å². The number of nitrogen functional groups attached to an aromatic ring is 1. The Balaban J connectivity index is 1.73. The van der Waals surface area contributed by atoms with E-state index >= 15 is 0 Å². The fourth-order valence-corrected chi connectivity index (χ4v) is 4.65. The maximum atomic E-state index is 11.8. The number of sulfonamides is 1. The van der Waals surface area contributed by atoms with Crippen molar-refractivity contribution in [2.24, 2.45) is 5.92 Å². The highest BCUT2D eigenvalue weighted by atomic mass is 32.2. The van der Waals surface area contributed by atoms with E-state index in [9.17, 15) is 8.42 Å². The molecule has 1 unspecified atom stereocenters.